The summed E-state index contributed by atoms with van der Waals surface area (Å²) in [6.45, 7) is 17.6. The summed E-state index contributed by atoms with van der Waals surface area (Å²) in [6, 6.07) is 0. The molecule has 2 heterocycles. The van der Waals surface area contributed by atoms with Gasteiger partial charge in [0.15, 0.2) is 0 Å². The minimum Gasteiger partial charge on any atom is -0.481 e. The van der Waals surface area contributed by atoms with E-state index in [1.807, 2.05) is 0 Å². The van der Waals surface area contributed by atoms with E-state index >= 15 is 0 Å². The van der Waals surface area contributed by atoms with Crippen LogP contribution in [0.15, 0.2) is 0 Å². The zero-order valence-corrected chi connectivity index (χ0v) is 20.5. The molecule has 0 bridgehead atoms. The standard InChI is InChI=1S/C24H44N2O4/c1-20(2)12-9-13-21(3,4)25(20)24(17-19(29)30,16-11-18(27)28)26-22(5,6)14-10-15-23(26,7)8/h9-17H2,1-8H3,(H,27,28)(H,29,30). The average Bonchev–Trinajstić information content (AvgIpc) is 2.48. The van der Waals surface area contributed by atoms with Gasteiger partial charge in [0.05, 0.1) is 12.1 Å². The monoisotopic (exact) mass is 424 g/mol. The first-order valence-corrected chi connectivity index (χ1v) is 11.5. The van der Waals surface area contributed by atoms with Crippen LogP contribution >= 0.6 is 0 Å². The quantitative estimate of drug-likeness (QED) is 0.591. The van der Waals surface area contributed by atoms with Crippen molar-refractivity contribution in [3.05, 3.63) is 0 Å². The van der Waals surface area contributed by atoms with E-state index in [4.69, 9.17) is 0 Å². The van der Waals surface area contributed by atoms with E-state index in [0.29, 0.717) is 6.42 Å². The summed E-state index contributed by atoms with van der Waals surface area (Å²) < 4.78 is 0. The van der Waals surface area contributed by atoms with Crippen molar-refractivity contribution in [1.29, 1.82) is 0 Å². The molecule has 174 valence electrons. The lowest BCUT2D eigenvalue weighted by atomic mass is 9.70. The van der Waals surface area contributed by atoms with E-state index in [0.717, 1.165) is 38.5 Å². The molecular weight excluding hydrogens is 380 g/mol. The second-order valence-corrected chi connectivity index (χ2v) is 12.1. The van der Waals surface area contributed by atoms with E-state index in [2.05, 4.69) is 65.2 Å². The highest BCUT2D eigenvalue weighted by atomic mass is 16.4. The molecule has 2 fully saturated rings. The van der Waals surface area contributed by atoms with Gasteiger partial charge in [-0.15, -0.1) is 0 Å². The summed E-state index contributed by atoms with van der Waals surface area (Å²) in [5.41, 5.74) is -1.83. The molecule has 6 heteroatoms. The highest BCUT2D eigenvalue weighted by Gasteiger charge is 2.61. The van der Waals surface area contributed by atoms with Crippen molar-refractivity contribution < 1.29 is 19.8 Å². The molecule has 0 atom stereocenters. The average molecular weight is 425 g/mol. The van der Waals surface area contributed by atoms with Gasteiger partial charge in [-0.05, 0) is 100 Å². The van der Waals surface area contributed by atoms with Gasteiger partial charge < -0.3 is 10.2 Å². The lowest BCUT2D eigenvalue weighted by molar-refractivity contribution is -0.244. The van der Waals surface area contributed by atoms with Crippen LogP contribution in [0.3, 0.4) is 0 Å². The maximum absolute atomic E-state index is 12.4. The summed E-state index contributed by atoms with van der Waals surface area (Å²) >= 11 is 0. The van der Waals surface area contributed by atoms with Crippen LogP contribution in [0.25, 0.3) is 0 Å². The number of likely N-dealkylation sites (tertiary alicyclic amines) is 2. The highest BCUT2D eigenvalue weighted by molar-refractivity contribution is 5.70. The minimum absolute atomic E-state index is 0.0431. The molecule has 30 heavy (non-hydrogen) atoms. The molecule has 0 amide bonds. The van der Waals surface area contributed by atoms with Crippen molar-refractivity contribution in [2.75, 3.05) is 0 Å². The summed E-state index contributed by atoms with van der Waals surface area (Å²) in [6.07, 6.45) is 6.24. The van der Waals surface area contributed by atoms with E-state index in [9.17, 15) is 19.8 Å². The van der Waals surface area contributed by atoms with Crippen molar-refractivity contribution >= 4 is 11.9 Å². The summed E-state index contributed by atoms with van der Waals surface area (Å²) in [7, 11) is 0. The zero-order valence-electron chi connectivity index (χ0n) is 20.5. The smallest absolute Gasteiger partial charge is 0.306 e. The van der Waals surface area contributed by atoms with Crippen LogP contribution in [0.2, 0.25) is 0 Å². The molecule has 0 radical (unpaired) electrons. The minimum atomic E-state index is -0.884. The fraction of sp³-hybridized carbons (Fsp3) is 0.917. The lowest BCUT2D eigenvalue weighted by Gasteiger charge is -2.70. The van der Waals surface area contributed by atoms with E-state index < -0.39 is 17.6 Å². The normalized spacial score (nSPS) is 26.3. The Morgan fingerprint density at radius 2 is 1.03 bits per heavy atom. The van der Waals surface area contributed by atoms with Gasteiger partial charge in [0.2, 0.25) is 0 Å². The summed E-state index contributed by atoms with van der Waals surface area (Å²) in [5.74, 6) is -1.74. The van der Waals surface area contributed by atoms with Crippen LogP contribution in [0.4, 0.5) is 0 Å². The van der Waals surface area contributed by atoms with Gasteiger partial charge in [-0.25, -0.2) is 0 Å². The molecule has 0 saturated carbocycles. The molecule has 2 saturated heterocycles. The van der Waals surface area contributed by atoms with Gasteiger partial charge in [0.1, 0.15) is 0 Å². The Kier molecular flexibility index (Phi) is 6.77. The SMILES string of the molecule is CC1(C)CCCC(C)(C)N1C(CCC(=O)O)(CC(=O)O)N1C(C)(C)CCCC1(C)C. The maximum Gasteiger partial charge on any atom is 0.306 e. The molecular formula is C24H44N2O4. The number of aliphatic carboxylic acids is 2. The molecule has 0 aromatic carbocycles. The molecule has 0 aromatic rings. The Labute approximate surface area is 183 Å². The van der Waals surface area contributed by atoms with Gasteiger partial charge in [-0.1, -0.05) is 0 Å². The number of hydrogen-bond acceptors (Lipinski definition) is 4. The van der Waals surface area contributed by atoms with E-state index in [-0.39, 0.29) is 35.0 Å². The molecule has 0 aromatic heterocycles. The number of piperidine rings is 2. The Bertz CT molecular complexity index is 596. The third-order valence-electron chi connectivity index (χ3n) is 7.58. The van der Waals surface area contributed by atoms with Crippen LogP contribution in [0, 0.1) is 0 Å². The Balaban J connectivity index is 2.83. The van der Waals surface area contributed by atoms with E-state index in [1.54, 1.807) is 0 Å². The second kappa shape index (κ2) is 8.09. The molecule has 2 aliphatic heterocycles. The molecule has 6 nitrogen and oxygen atoms in total. The predicted molar refractivity (Wildman–Crippen MR) is 120 cm³/mol. The van der Waals surface area contributed by atoms with Gasteiger partial charge in [-0.2, -0.15) is 0 Å². The van der Waals surface area contributed by atoms with Crippen molar-refractivity contribution in [2.45, 2.75) is 141 Å². The molecule has 2 aliphatic rings. The van der Waals surface area contributed by atoms with Gasteiger partial charge in [0.25, 0.3) is 0 Å². The molecule has 2 N–H and O–H groups in total. The molecule has 0 unspecified atom stereocenters. The fourth-order valence-corrected chi connectivity index (χ4v) is 7.37. The van der Waals surface area contributed by atoms with Gasteiger partial charge >= 0.3 is 11.9 Å². The van der Waals surface area contributed by atoms with E-state index in [1.165, 1.54) is 0 Å². The first-order chi connectivity index (χ1) is 13.5. The molecule has 2 rings (SSSR count). The van der Waals surface area contributed by atoms with Crippen molar-refractivity contribution in [1.82, 2.24) is 9.80 Å². The Hall–Kier alpha value is -1.14. The van der Waals surface area contributed by atoms with Crippen molar-refractivity contribution in [3.63, 3.8) is 0 Å². The Morgan fingerprint density at radius 3 is 1.30 bits per heavy atom. The summed E-state index contributed by atoms with van der Waals surface area (Å²) in [4.78, 5) is 29.0. The Morgan fingerprint density at radius 1 is 0.700 bits per heavy atom. The largest absolute Gasteiger partial charge is 0.481 e. The van der Waals surface area contributed by atoms with Gasteiger partial charge in [0, 0.05) is 28.6 Å². The number of hydrogen-bond donors (Lipinski definition) is 2. The first-order valence-electron chi connectivity index (χ1n) is 11.5. The van der Waals surface area contributed by atoms with Crippen LogP contribution in [0.1, 0.15) is 113 Å². The highest BCUT2D eigenvalue weighted by Crippen LogP contribution is 2.53. The molecule has 0 spiro atoms. The number of carboxylic acids is 2. The van der Waals surface area contributed by atoms with Crippen molar-refractivity contribution in [3.8, 4) is 0 Å². The molecule has 0 aliphatic carbocycles. The predicted octanol–water partition coefficient (Wildman–Crippen LogP) is 5.11. The third-order valence-corrected chi connectivity index (χ3v) is 7.58. The maximum atomic E-state index is 12.4. The van der Waals surface area contributed by atoms with Crippen molar-refractivity contribution in [2.24, 2.45) is 0 Å². The second-order valence-electron chi connectivity index (χ2n) is 12.1. The fourth-order valence-electron chi connectivity index (χ4n) is 7.37. The number of rotatable bonds is 7. The summed E-state index contributed by atoms with van der Waals surface area (Å²) in [5, 5.41) is 19.8. The number of carbonyl (C=O) groups is 2. The van der Waals surface area contributed by atoms with Crippen LogP contribution in [0.5, 0.6) is 0 Å². The van der Waals surface area contributed by atoms with Gasteiger partial charge in [-0.3, -0.25) is 19.4 Å². The van der Waals surface area contributed by atoms with Crippen LogP contribution in [-0.2, 0) is 9.59 Å². The first kappa shape index (κ1) is 25.1. The third kappa shape index (κ3) is 4.69. The zero-order chi connectivity index (χ0) is 23.2. The van der Waals surface area contributed by atoms with Crippen LogP contribution in [-0.4, -0.2) is 59.8 Å². The lowest BCUT2D eigenvalue weighted by Crippen LogP contribution is -2.80. The topological polar surface area (TPSA) is 81.1 Å². The number of carboxylic acid groups (broad SMARTS) is 2. The van der Waals surface area contributed by atoms with Crippen LogP contribution < -0.4 is 0 Å². The number of nitrogens with zero attached hydrogens (tertiary/aromatic N) is 2.